The predicted molar refractivity (Wildman–Crippen MR) is 75.8 cm³/mol. The molecule has 0 unspecified atom stereocenters. The van der Waals surface area contributed by atoms with Gasteiger partial charge in [0.25, 0.3) is 5.91 Å². The maximum Gasteiger partial charge on any atom is 0.255 e. The molecule has 0 radical (unpaired) electrons. The molecule has 0 aliphatic carbocycles. The highest BCUT2D eigenvalue weighted by Gasteiger charge is 2.18. The SMILES string of the molecule is CCCCN(C)C(=O)c1cc(OC)c(OC)cc1N. The molecule has 1 amide bonds. The van der Waals surface area contributed by atoms with Crippen LogP contribution in [0.15, 0.2) is 12.1 Å². The lowest BCUT2D eigenvalue weighted by molar-refractivity contribution is 0.0794. The van der Waals surface area contributed by atoms with Crippen LogP contribution >= 0.6 is 0 Å². The maximum atomic E-state index is 12.3. The quantitative estimate of drug-likeness (QED) is 0.801. The fraction of sp³-hybridized carbons (Fsp3) is 0.500. The minimum Gasteiger partial charge on any atom is -0.493 e. The van der Waals surface area contributed by atoms with Crippen molar-refractivity contribution in [3.63, 3.8) is 0 Å². The van der Waals surface area contributed by atoms with E-state index in [0.29, 0.717) is 29.3 Å². The highest BCUT2D eigenvalue weighted by molar-refractivity contribution is 5.99. The van der Waals surface area contributed by atoms with Crippen LogP contribution in [0.25, 0.3) is 0 Å². The highest BCUT2D eigenvalue weighted by Crippen LogP contribution is 2.32. The number of anilines is 1. The first-order chi connectivity index (χ1) is 9.04. The fourth-order valence-electron chi connectivity index (χ4n) is 1.78. The van der Waals surface area contributed by atoms with Gasteiger partial charge in [-0.1, -0.05) is 13.3 Å². The van der Waals surface area contributed by atoms with Gasteiger partial charge in [0.1, 0.15) is 0 Å². The summed E-state index contributed by atoms with van der Waals surface area (Å²) in [5, 5.41) is 0. The molecule has 0 spiro atoms. The van der Waals surface area contributed by atoms with Gasteiger partial charge in [-0.15, -0.1) is 0 Å². The van der Waals surface area contributed by atoms with Crippen LogP contribution in [-0.2, 0) is 0 Å². The lowest BCUT2D eigenvalue weighted by Gasteiger charge is -2.19. The number of nitrogens with two attached hydrogens (primary N) is 1. The van der Waals surface area contributed by atoms with Gasteiger partial charge >= 0.3 is 0 Å². The van der Waals surface area contributed by atoms with Crippen molar-refractivity contribution < 1.29 is 14.3 Å². The van der Waals surface area contributed by atoms with E-state index in [4.69, 9.17) is 15.2 Å². The molecule has 0 aliphatic rings. The summed E-state index contributed by atoms with van der Waals surface area (Å²) >= 11 is 0. The molecule has 5 nitrogen and oxygen atoms in total. The summed E-state index contributed by atoms with van der Waals surface area (Å²) < 4.78 is 10.3. The standard InChI is InChI=1S/C14H22N2O3/c1-5-6-7-16(2)14(17)10-8-12(18-3)13(19-4)9-11(10)15/h8-9H,5-7,15H2,1-4H3. The average molecular weight is 266 g/mol. The van der Waals surface area contributed by atoms with Crippen LogP contribution < -0.4 is 15.2 Å². The number of hydrogen-bond donors (Lipinski definition) is 1. The smallest absolute Gasteiger partial charge is 0.255 e. The molecule has 0 fully saturated rings. The zero-order valence-corrected chi connectivity index (χ0v) is 12.0. The molecular formula is C14H22N2O3. The molecule has 0 aliphatic heterocycles. The third-order valence-corrected chi connectivity index (χ3v) is 2.98. The lowest BCUT2D eigenvalue weighted by atomic mass is 10.1. The fourth-order valence-corrected chi connectivity index (χ4v) is 1.78. The van der Waals surface area contributed by atoms with Gasteiger partial charge in [0.15, 0.2) is 11.5 Å². The molecule has 2 N–H and O–H groups in total. The van der Waals surface area contributed by atoms with E-state index < -0.39 is 0 Å². The molecule has 1 aromatic carbocycles. The summed E-state index contributed by atoms with van der Waals surface area (Å²) in [4.78, 5) is 14.0. The normalized spacial score (nSPS) is 10.1. The minimum absolute atomic E-state index is 0.105. The average Bonchev–Trinajstić information content (AvgIpc) is 2.43. The van der Waals surface area contributed by atoms with Gasteiger partial charge in [0.05, 0.1) is 19.8 Å². The van der Waals surface area contributed by atoms with E-state index in [1.165, 1.54) is 14.2 Å². The summed E-state index contributed by atoms with van der Waals surface area (Å²) in [6, 6.07) is 3.23. The van der Waals surface area contributed by atoms with Crippen molar-refractivity contribution in [1.82, 2.24) is 4.90 Å². The number of benzene rings is 1. The monoisotopic (exact) mass is 266 g/mol. The second kappa shape index (κ2) is 6.87. The largest absolute Gasteiger partial charge is 0.493 e. The number of unbranched alkanes of at least 4 members (excludes halogenated alkanes) is 1. The van der Waals surface area contributed by atoms with Crippen molar-refractivity contribution in [2.24, 2.45) is 0 Å². The zero-order valence-electron chi connectivity index (χ0n) is 12.0. The van der Waals surface area contributed by atoms with Crippen molar-refractivity contribution in [2.45, 2.75) is 19.8 Å². The first-order valence-electron chi connectivity index (χ1n) is 6.32. The van der Waals surface area contributed by atoms with Gasteiger partial charge in [-0.25, -0.2) is 0 Å². The molecule has 0 aromatic heterocycles. The Morgan fingerprint density at radius 1 is 1.26 bits per heavy atom. The van der Waals surface area contributed by atoms with Gasteiger partial charge in [0, 0.05) is 25.3 Å². The molecule has 19 heavy (non-hydrogen) atoms. The highest BCUT2D eigenvalue weighted by atomic mass is 16.5. The van der Waals surface area contributed by atoms with E-state index in [1.54, 1.807) is 24.1 Å². The van der Waals surface area contributed by atoms with Crippen LogP contribution in [0.3, 0.4) is 0 Å². The summed E-state index contributed by atoms with van der Waals surface area (Å²) in [5.74, 6) is 0.920. The predicted octanol–water partition coefficient (Wildman–Crippen LogP) is 2.16. The number of nitrogens with zero attached hydrogens (tertiary/aromatic N) is 1. The van der Waals surface area contributed by atoms with Crippen molar-refractivity contribution in [1.29, 1.82) is 0 Å². The number of ether oxygens (including phenoxy) is 2. The Morgan fingerprint density at radius 2 is 1.84 bits per heavy atom. The number of carbonyl (C=O) groups excluding carboxylic acids is 1. The molecule has 106 valence electrons. The van der Waals surface area contributed by atoms with Crippen LogP contribution in [0.1, 0.15) is 30.1 Å². The minimum atomic E-state index is -0.105. The number of hydrogen-bond acceptors (Lipinski definition) is 4. The van der Waals surface area contributed by atoms with E-state index in [0.717, 1.165) is 12.8 Å². The molecule has 0 atom stereocenters. The summed E-state index contributed by atoms with van der Waals surface area (Å²) in [6.45, 7) is 2.80. The number of methoxy groups -OCH3 is 2. The summed E-state index contributed by atoms with van der Waals surface area (Å²) in [6.07, 6.45) is 2.01. The molecule has 0 saturated heterocycles. The van der Waals surface area contributed by atoms with Crippen molar-refractivity contribution in [2.75, 3.05) is 33.5 Å². The molecule has 1 aromatic rings. The van der Waals surface area contributed by atoms with Crippen LogP contribution in [0.4, 0.5) is 5.69 Å². The number of rotatable bonds is 6. The van der Waals surface area contributed by atoms with Gasteiger partial charge in [-0.2, -0.15) is 0 Å². The molecule has 0 saturated carbocycles. The maximum absolute atomic E-state index is 12.3. The third-order valence-electron chi connectivity index (χ3n) is 2.98. The van der Waals surface area contributed by atoms with Crippen LogP contribution in [-0.4, -0.2) is 38.6 Å². The van der Waals surface area contributed by atoms with E-state index in [2.05, 4.69) is 6.92 Å². The molecule has 0 bridgehead atoms. The molecule has 1 rings (SSSR count). The Kier molecular flexibility index (Phi) is 5.48. The molecule has 0 heterocycles. The van der Waals surface area contributed by atoms with Crippen LogP contribution in [0, 0.1) is 0 Å². The molecular weight excluding hydrogens is 244 g/mol. The Morgan fingerprint density at radius 3 is 2.37 bits per heavy atom. The second-order valence-corrected chi connectivity index (χ2v) is 4.37. The lowest BCUT2D eigenvalue weighted by Crippen LogP contribution is -2.28. The zero-order chi connectivity index (χ0) is 14.4. The number of nitrogen functional groups attached to an aromatic ring is 1. The van der Waals surface area contributed by atoms with Gasteiger partial charge < -0.3 is 20.1 Å². The Balaban J connectivity index is 3.02. The van der Waals surface area contributed by atoms with E-state index >= 15 is 0 Å². The van der Waals surface area contributed by atoms with Crippen LogP contribution in [0.2, 0.25) is 0 Å². The van der Waals surface area contributed by atoms with Crippen molar-refractivity contribution in [3.8, 4) is 11.5 Å². The Hall–Kier alpha value is -1.91. The third kappa shape index (κ3) is 3.53. The van der Waals surface area contributed by atoms with Gasteiger partial charge in [-0.05, 0) is 12.5 Å². The second-order valence-electron chi connectivity index (χ2n) is 4.37. The number of carbonyl (C=O) groups is 1. The first-order valence-corrected chi connectivity index (χ1v) is 6.32. The Bertz CT molecular complexity index is 447. The van der Waals surface area contributed by atoms with Crippen molar-refractivity contribution >= 4 is 11.6 Å². The topological polar surface area (TPSA) is 64.8 Å². The van der Waals surface area contributed by atoms with E-state index in [-0.39, 0.29) is 5.91 Å². The number of amides is 1. The first kappa shape index (κ1) is 15.1. The van der Waals surface area contributed by atoms with Gasteiger partial charge in [0.2, 0.25) is 0 Å². The van der Waals surface area contributed by atoms with E-state index in [1.807, 2.05) is 0 Å². The van der Waals surface area contributed by atoms with Gasteiger partial charge in [-0.3, -0.25) is 4.79 Å². The summed E-state index contributed by atoms with van der Waals surface area (Å²) in [5.41, 5.74) is 6.74. The Labute approximate surface area is 114 Å². The molecule has 5 heteroatoms. The summed E-state index contributed by atoms with van der Waals surface area (Å²) in [7, 11) is 4.84. The van der Waals surface area contributed by atoms with Crippen LogP contribution in [0.5, 0.6) is 11.5 Å². The van der Waals surface area contributed by atoms with Crippen molar-refractivity contribution in [3.05, 3.63) is 17.7 Å². The van der Waals surface area contributed by atoms with E-state index in [9.17, 15) is 4.79 Å².